The Bertz CT molecular complexity index is 414. The summed E-state index contributed by atoms with van der Waals surface area (Å²) >= 11 is 0. The van der Waals surface area contributed by atoms with Crippen molar-refractivity contribution in [2.45, 2.75) is 36.1 Å². The smallest absolute Gasteiger partial charge is 0.746 e. The maximum atomic E-state index is 12.6. The van der Waals surface area contributed by atoms with Crippen LogP contribution < -0.4 is 51.4 Å². The first-order valence-corrected chi connectivity index (χ1v) is 5.55. The number of alkyl halides is 9. The molecule has 0 aliphatic carbocycles. The molecule has 0 saturated carbocycles. The van der Waals surface area contributed by atoms with Gasteiger partial charge in [-0.05, 0) is 0 Å². The van der Waals surface area contributed by atoms with Gasteiger partial charge in [0, 0.05) is 0 Å². The molecule has 0 fully saturated rings. The first kappa shape index (κ1) is 23.2. The fourth-order valence-electron chi connectivity index (χ4n) is 0.844. The van der Waals surface area contributed by atoms with Crippen LogP contribution in [-0.2, 0) is 10.1 Å². The molecule has 0 rings (SSSR count). The molecule has 0 aromatic rings. The van der Waals surface area contributed by atoms with E-state index < -0.39 is 46.2 Å². The second-order valence-electron chi connectivity index (χ2n) is 3.24. The topological polar surface area (TPSA) is 57.2 Å². The Morgan fingerprint density at radius 3 is 1.45 bits per heavy atom. The van der Waals surface area contributed by atoms with Gasteiger partial charge in [-0.1, -0.05) is 0 Å². The number of hydrogen-bond acceptors (Lipinski definition) is 3. The first-order valence-electron chi connectivity index (χ1n) is 4.08. The molecule has 0 aliphatic rings. The molecule has 3 atom stereocenters. The molecule has 0 aliphatic heterocycles. The van der Waals surface area contributed by atoms with Crippen LogP contribution in [0.2, 0.25) is 0 Å². The van der Waals surface area contributed by atoms with Crippen LogP contribution in [0.5, 0.6) is 0 Å². The van der Waals surface area contributed by atoms with Crippen molar-refractivity contribution in [3.8, 4) is 0 Å². The maximum Gasteiger partial charge on any atom is 1.00 e. The number of rotatable bonds is 6. The van der Waals surface area contributed by atoms with E-state index in [1.165, 1.54) is 0 Å². The van der Waals surface area contributed by atoms with Gasteiger partial charge >= 0.3 is 63.2 Å². The summed E-state index contributed by atoms with van der Waals surface area (Å²) in [4.78, 5) is 0. The van der Waals surface area contributed by atoms with Crippen LogP contribution in [0.15, 0.2) is 0 Å². The molecule has 0 N–H and O–H groups in total. The largest absolute Gasteiger partial charge is 1.00 e. The third-order valence-electron chi connectivity index (χ3n) is 1.85. The summed E-state index contributed by atoms with van der Waals surface area (Å²) in [5.41, 5.74) is -5.13. The molecule has 0 heterocycles. The van der Waals surface area contributed by atoms with E-state index in [-0.39, 0.29) is 51.4 Å². The van der Waals surface area contributed by atoms with Crippen molar-refractivity contribution in [1.29, 1.82) is 0 Å². The second-order valence-corrected chi connectivity index (χ2v) is 4.63. The van der Waals surface area contributed by atoms with E-state index in [0.717, 1.165) is 0 Å². The summed E-state index contributed by atoms with van der Waals surface area (Å²) in [6.07, 6.45) is -13.8. The van der Waals surface area contributed by atoms with E-state index in [2.05, 4.69) is 0 Å². The molecule has 0 amide bonds. The van der Waals surface area contributed by atoms with E-state index in [0.29, 0.717) is 0 Å². The fourth-order valence-corrected chi connectivity index (χ4v) is 1.36. The normalized spacial score (nSPS) is 18.4. The van der Waals surface area contributed by atoms with Crippen molar-refractivity contribution in [3.63, 3.8) is 0 Å². The Morgan fingerprint density at radius 2 is 1.20 bits per heavy atom. The molecule has 0 aromatic heterocycles. The quantitative estimate of drug-likeness (QED) is 0.346. The molecule has 20 heavy (non-hydrogen) atoms. The summed E-state index contributed by atoms with van der Waals surface area (Å²) < 4.78 is 140. The summed E-state index contributed by atoms with van der Waals surface area (Å²) in [5, 5.41) is 0. The zero-order chi connectivity index (χ0) is 15.8. The average molecular weight is 366 g/mol. The summed E-state index contributed by atoms with van der Waals surface area (Å²) in [6, 6.07) is 0. The first-order chi connectivity index (χ1) is 8.17. The molecule has 0 spiro atoms. The van der Waals surface area contributed by atoms with Gasteiger partial charge in [0.15, 0.2) is 6.17 Å². The standard InChI is InChI=1S/C6H5F9O3S.K/c7-1(3(9)10)2(8)5(12,13)6(14,15)4(11)19(16,17)18;/h1-4H,(H,16,17,18);/q;+1/p-1. The van der Waals surface area contributed by atoms with Crippen molar-refractivity contribution >= 4 is 10.1 Å². The Balaban J connectivity index is 0. The van der Waals surface area contributed by atoms with Gasteiger partial charge in [0.2, 0.25) is 6.17 Å². The van der Waals surface area contributed by atoms with Crippen LogP contribution in [-0.4, -0.2) is 49.1 Å². The molecule has 3 nitrogen and oxygen atoms in total. The van der Waals surface area contributed by atoms with Gasteiger partial charge in [-0.3, -0.25) is 0 Å². The Kier molecular flexibility index (Phi) is 8.64. The Labute approximate surface area is 149 Å². The van der Waals surface area contributed by atoms with Crippen LogP contribution in [0.4, 0.5) is 39.5 Å². The molecule has 3 unspecified atom stereocenters. The predicted octanol–water partition coefficient (Wildman–Crippen LogP) is -0.957. The Hall–Kier alpha value is 0.916. The number of hydrogen-bond donors (Lipinski definition) is 0. The van der Waals surface area contributed by atoms with Crippen molar-refractivity contribution in [2.75, 3.05) is 0 Å². The van der Waals surface area contributed by atoms with Crippen LogP contribution in [0.1, 0.15) is 0 Å². The summed E-state index contributed by atoms with van der Waals surface area (Å²) in [7, 11) is -6.65. The van der Waals surface area contributed by atoms with E-state index in [1.54, 1.807) is 0 Å². The van der Waals surface area contributed by atoms with Crippen LogP contribution >= 0.6 is 0 Å². The molecular weight excluding hydrogens is 362 g/mol. The molecule has 0 radical (unpaired) electrons. The minimum absolute atomic E-state index is 0. The van der Waals surface area contributed by atoms with Crippen molar-refractivity contribution in [1.82, 2.24) is 0 Å². The molecule has 0 saturated heterocycles. The molecule has 116 valence electrons. The van der Waals surface area contributed by atoms with Gasteiger partial charge < -0.3 is 4.55 Å². The zero-order valence-corrected chi connectivity index (χ0v) is 13.3. The Morgan fingerprint density at radius 1 is 0.850 bits per heavy atom. The van der Waals surface area contributed by atoms with E-state index >= 15 is 0 Å². The van der Waals surface area contributed by atoms with Gasteiger partial charge in [0.1, 0.15) is 10.1 Å². The van der Waals surface area contributed by atoms with Crippen molar-refractivity contribution in [2.24, 2.45) is 0 Å². The molecule has 0 aromatic carbocycles. The van der Waals surface area contributed by atoms with Crippen molar-refractivity contribution < 1.29 is 104 Å². The van der Waals surface area contributed by atoms with E-state index in [1.807, 2.05) is 0 Å². The van der Waals surface area contributed by atoms with Gasteiger partial charge in [0.05, 0.1) is 0 Å². The number of halogens is 9. The fraction of sp³-hybridized carbons (Fsp3) is 1.00. The van der Waals surface area contributed by atoms with Gasteiger partial charge in [-0.15, -0.1) is 0 Å². The van der Waals surface area contributed by atoms with Crippen LogP contribution in [0, 0.1) is 0 Å². The van der Waals surface area contributed by atoms with E-state index in [4.69, 9.17) is 0 Å². The van der Waals surface area contributed by atoms with Gasteiger partial charge in [-0.25, -0.2) is 30.4 Å². The summed E-state index contributed by atoms with van der Waals surface area (Å²) in [5.74, 6) is -13.0. The molecule has 0 bridgehead atoms. The van der Waals surface area contributed by atoms with Crippen LogP contribution in [0.25, 0.3) is 0 Å². The zero-order valence-electron chi connectivity index (χ0n) is 9.34. The maximum absolute atomic E-state index is 12.6. The van der Waals surface area contributed by atoms with E-state index in [9.17, 15) is 52.5 Å². The van der Waals surface area contributed by atoms with Gasteiger partial charge in [0.25, 0.3) is 11.9 Å². The minimum Gasteiger partial charge on any atom is -0.746 e. The average Bonchev–Trinajstić information content (AvgIpc) is 2.23. The third-order valence-corrected chi connectivity index (χ3v) is 2.65. The summed E-state index contributed by atoms with van der Waals surface area (Å²) in [6.45, 7) is 0. The monoisotopic (exact) mass is 366 g/mol. The third kappa shape index (κ3) is 4.71. The molecule has 14 heteroatoms. The molecular formula is C6H4F9KO3S. The minimum atomic E-state index is -6.65. The van der Waals surface area contributed by atoms with Gasteiger partial charge in [-0.2, -0.15) is 17.6 Å². The second kappa shape index (κ2) is 7.46. The predicted molar refractivity (Wildman–Crippen MR) is 40.3 cm³/mol. The SMILES string of the molecule is O=S(=O)([O-])C(F)C(F)(F)C(F)(F)C(F)C(F)C(F)F.[K+]. The van der Waals surface area contributed by atoms with Crippen LogP contribution in [0.3, 0.4) is 0 Å². The van der Waals surface area contributed by atoms with Crippen molar-refractivity contribution in [3.05, 3.63) is 0 Å².